The average molecular weight is 403 g/mol. The molecule has 0 N–H and O–H groups in total. The van der Waals surface area contributed by atoms with Crippen molar-refractivity contribution in [3.63, 3.8) is 0 Å². The summed E-state index contributed by atoms with van der Waals surface area (Å²) in [5.74, 6) is 1.91. The van der Waals surface area contributed by atoms with Crippen LogP contribution in [-0.4, -0.2) is 27.4 Å². The number of esters is 1. The fraction of sp³-hybridized carbons (Fsp3) is 0.550. The maximum Gasteiger partial charge on any atom is 0.326 e. The molecule has 0 spiro atoms. The van der Waals surface area contributed by atoms with Crippen LogP contribution in [0.15, 0.2) is 34.3 Å². The van der Waals surface area contributed by atoms with Gasteiger partial charge in [-0.3, -0.25) is 19.1 Å². The van der Waals surface area contributed by atoms with Gasteiger partial charge in [-0.1, -0.05) is 17.4 Å². The van der Waals surface area contributed by atoms with Crippen LogP contribution in [0.25, 0.3) is 0 Å². The summed E-state index contributed by atoms with van der Waals surface area (Å²) in [6.07, 6.45) is 7.65. The molecule has 142 valence electrons. The van der Waals surface area contributed by atoms with Gasteiger partial charge in [0.15, 0.2) is 0 Å². The number of thiazole rings is 1. The first kappa shape index (κ1) is 17.5. The Balaban J connectivity index is 1.61. The number of aromatic nitrogens is 2. The summed E-state index contributed by atoms with van der Waals surface area (Å²) in [6.45, 7) is 2.13. The van der Waals surface area contributed by atoms with Gasteiger partial charge in [-0.05, 0) is 55.6 Å². The van der Waals surface area contributed by atoms with Crippen molar-refractivity contribution in [2.75, 3.05) is 6.61 Å². The topological polar surface area (TPSA) is 61.2 Å². The predicted octanol–water partition coefficient (Wildman–Crippen LogP) is 3.52. The monoisotopic (exact) mass is 402 g/mol. The Kier molecular flexibility index (Phi) is 4.39. The molecule has 3 aliphatic rings. The van der Waals surface area contributed by atoms with Crippen LogP contribution in [0.4, 0.5) is 0 Å². The van der Waals surface area contributed by atoms with E-state index >= 15 is 0 Å². The summed E-state index contributed by atoms with van der Waals surface area (Å²) in [6, 6.07) is 4.12. The molecule has 0 radical (unpaired) electrons. The Bertz CT molecular complexity index is 923. The number of hydrogen-bond donors (Lipinski definition) is 0. The molecule has 2 aromatic rings. The van der Waals surface area contributed by atoms with E-state index in [0.29, 0.717) is 17.8 Å². The highest BCUT2D eigenvalue weighted by atomic mass is 32.2. The Morgan fingerprint density at radius 1 is 1.37 bits per heavy atom. The minimum Gasteiger partial charge on any atom is -0.465 e. The molecule has 5 nitrogen and oxygen atoms in total. The van der Waals surface area contributed by atoms with Gasteiger partial charge in [-0.15, -0.1) is 11.8 Å². The van der Waals surface area contributed by atoms with Crippen molar-refractivity contribution in [2.24, 2.45) is 17.8 Å². The summed E-state index contributed by atoms with van der Waals surface area (Å²) in [7, 11) is 0. The van der Waals surface area contributed by atoms with Crippen LogP contribution < -0.4 is 4.87 Å². The summed E-state index contributed by atoms with van der Waals surface area (Å²) in [5.41, 5.74) is 1.20. The van der Waals surface area contributed by atoms with Crippen LogP contribution in [0.3, 0.4) is 0 Å². The van der Waals surface area contributed by atoms with Gasteiger partial charge in [-0.25, -0.2) is 0 Å². The SMILES string of the molecule is CCOC(=O)Cn1c2c(sc1=O)C(c1cccnc1)C1C3CCC(C3)C1S2. The lowest BCUT2D eigenvalue weighted by atomic mass is 9.75. The summed E-state index contributed by atoms with van der Waals surface area (Å²) < 4.78 is 6.74. The molecular formula is C20H22N2O3S2. The first-order valence-corrected chi connectivity index (χ1v) is 11.3. The van der Waals surface area contributed by atoms with Crippen LogP contribution >= 0.6 is 23.1 Å². The van der Waals surface area contributed by atoms with Gasteiger partial charge in [0.25, 0.3) is 0 Å². The van der Waals surface area contributed by atoms with E-state index in [1.165, 1.54) is 36.2 Å². The minimum atomic E-state index is -0.339. The summed E-state index contributed by atoms with van der Waals surface area (Å²) in [4.78, 5) is 30.2. The maximum absolute atomic E-state index is 12.8. The van der Waals surface area contributed by atoms with Crippen molar-refractivity contribution in [1.29, 1.82) is 0 Å². The standard InChI is InChI=1S/C20H22N2O3S2/c1-2-25-14(23)10-22-19-18(27-20(22)24)16(13-4-3-7-21-9-13)15-11-5-6-12(8-11)17(15)26-19/h3-4,7,9,11-12,15-17H,2,5-6,8,10H2,1H3. The number of carbonyl (C=O) groups excluding carboxylic acids is 1. The third-order valence-electron chi connectivity index (χ3n) is 6.33. The van der Waals surface area contributed by atoms with Crippen LogP contribution in [-0.2, 0) is 16.1 Å². The normalized spacial score (nSPS) is 30.8. The number of rotatable bonds is 4. The smallest absolute Gasteiger partial charge is 0.326 e. The number of fused-ring (bicyclic) bond motifs is 6. The van der Waals surface area contributed by atoms with E-state index < -0.39 is 0 Å². The van der Waals surface area contributed by atoms with E-state index in [1.54, 1.807) is 17.7 Å². The molecule has 2 fully saturated rings. The molecule has 5 atom stereocenters. The Labute approximate surface area is 166 Å². The van der Waals surface area contributed by atoms with Crippen molar-refractivity contribution in [1.82, 2.24) is 9.55 Å². The highest BCUT2D eigenvalue weighted by molar-refractivity contribution is 8.00. The first-order valence-electron chi connectivity index (χ1n) is 9.63. The largest absolute Gasteiger partial charge is 0.465 e. The summed E-state index contributed by atoms with van der Waals surface area (Å²) >= 11 is 3.15. The van der Waals surface area contributed by atoms with E-state index in [4.69, 9.17) is 4.74 Å². The number of carbonyl (C=O) groups is 1. The van der Waals surface area contributed by atoms with Gasteiger partial charge in [0.05, 0.1) is 11.6 Å². The molecule has 7 heteroatoms. The Morgan fingerprint density at radius 2 is 2.22 bits per heavy atom. The zero-order valence-electron chi connectivity index (χ0n) is 15.2. The van der Waals surface area contributed by atoms with E-state index in [0.717, 1.165) is 21.7 Å². The van der Waals surface area contributed by atoms with Gasteiger partial charge < -0.3 is 4.74 Å². The highest BCUT2D eigenvalue weighted by Crippen LogP contribution is 2.63. The van der Waals surface area contributed by atoms with Gasteiger partial charge in [0, 0.05) is 28.4 Å². The molecule has 2 bridgehead atoms. The molecule has 0 saturated heterocycles. The number of ether oxygens (including phenoxy) is 1. The van der Waals surface area contributed by atoms with Gasteiger partial charge in [0.1, 0.15) is 6.54 Å². The van der Waals surface area contributed by atoms with Crippen LogP contribution in [0.1, 0.15) is 42.5 Å². The lowest BCUT2D eigenvalue weighted by molar-refractivity contribution is -0.144. The molecule has 0 aromatic carbocycles. The molecule has 5 rings (SSSR count). The fourth-order valence-electron chi connectivity index (χ4n) is 5.36. The van der Waals surface area contributed by atoms with Crippen LogP contribution in [0.2, 0.25) is 0 Å². The van der Waals surface area contributed by atoms with Crippen molar-refractivity contribution in [3.8, 4) is 0 Å². The molecule has 2 saturated carbocycles. The second-order valence-corrected chi connectivity index (χ2v) is 9.85. The maximum atomic E-state index is 12.8. The molecule has 2 aliphatic carbocycles. The lowest BCUT2D eigenvalue weighted by Gasteiger charge is -2.40. The number of thioether (sulfide) groups is 1. The van der Waals surface area contributed by atoms with Gasteiger partial charge in [0.2, 0.25) is 0 Å². The van der Waals surface area contributed by atoms with E-state index in [-0.39, 0.29) is 23.3 Å². The third kappa shape index (κ3) is 2.78. The molecule has 27 heavy (non-hydrogen) atoms. The molecule has 3 heterocycles. The fourth-order valence-corrected chi connectivity index (χ4v) is 8.51. The third-order valence-corrected chi connectivity index (χ3v) is 9.15. The highest BCUT2D eigenvalue weighted by Gasteiger charge is 2.55. The molecule has 1 aliphatic heterocycles. The average Bonchev–Trinajstić information content (AvgIpc) is 3.36. The van der Waals surface area contributed by atoms with Crippen LogP contribution in [0.5, 0.6) is 0 Å². The molecule has 0 amide bonds. The first-order chi connectivity index (χ1) is 13.2. The second-order valence-electron chi connectivity index (χ2n) is 7.69. The van der Waals surface area contributed by atoms with Gasteiger partial charge in [-0.2, -0.15) is 0 Å². The number of nitrogens with zero attached hydrogens (tertiary/aromatic N) is 2. The van der Waals surface area contributed by atoms with E-state index in [1.807, 2.05) is 24.0 Å². The van der Waals surface area contributed by atoms with Crippen molar-refractivity contribution < 1.29 is 9.53 Å². The minimum absolute atomic E-state index is 0.0107. The number of pyridine rings is 1. The zero-order chi connectivity index (χ0) is 18.5. The Hall–Kier alpha value is -1.60. The Morgan fingerprint density at radius 3 is 3.00 bits per heavy atom. The zero-order valence-corrected chi connectivity index (χ0v) is 16.8. The van der Waals surface area contributed by atoms with Crippen molar-refractivity contribution in [2.45, 2.75) is 48.9 Å². The van der Waals surface area contributed by atoms with Crippen molar-refractivity contribution in [3.05, 3.63) is 44.6 Å². The van der Waals surface area contributed by atoms with E-state index in [2.05, 4.69) is 11.1 Å². The van der Waals surface area contributed by atoms with Crippen molar-refractivity contribution >= 4 is 29.1 Å². The van der Waals surface area contributed by atoms with Crippen LogP contribution in [0, 0.1) is 17.8 Å². The number of hydrogen-bond acceptors (Lipinski definition) is 6. The van der Waals surface area contributed by atoms with Gasteiger partial charge >= 0.3 is 10.8 Å². The second kappa shape index (κ2) is 6.78. The predicted molar refractivity (Wildman–Crippen MR) is 105 cm³/mol. The summed E-state index contributed by atoms with van der Waals surface area (Å²) in [5, 5.41) is 1.52. The lowest BCUT2D eigenvalue weighted by Crippen LogP contribution is -2.34. The quantitative estimate of drug-likeness (QED) is 0.733. The van der Waals surface area contributed by atoms with E-state index in [9.17, 15) is 9.59 Å². The molecular weight excluding hydrogens is 380 g/mol. The molecule has 5 unspecified atom stereocenters. The molecule has 2 aromatic heterocycles.